The van der Waals surface area contributed by atoms with E-state index in [4.69, 9.17) is 0 Å². The van der Waals surface area contributed by atoms with Crippen LogP contribution in [0.1, 0.15) is 22.3 Å². The van der Waals surface area contributed by atoms with Crippen LogP contribution in [-0.4, -0.2) is 0 Å². The predicted octanol–water partition coefficient (Wildman–Crippen LogP) is 4.87. The molecule has 92 valence electrons. The highest BCUT2D eigenvalue weighted by atomic mass is 32.2. The van der Waals surface area contributed by atoms with Crippen molar-refractivity contribution in [3.8, 4) is 0 Å². The second-order valence-corrected chi connectivity index (χ2v) is 6.55. The Labute approximate surface area is 117 Å². The Morgan fingerprint density at radius 1 is 0.611 bits per heavy atom. The first-order valence-corrected chi connectivity index (χ1v) is 8.53. The van der Waals surface area contributed by atoms with Crippen molar-refractivity contribution in [1.82, 2.24) is 0 Å². The molecule has 2 aromatic carbocycles. The fourth-order valence-electron chi connectivity index (χ4n) is 2.21. The van der Waals surface area contributed by atoms with E-state index in [9.17, 15) is 0 Å². The van der Waals surface area contributed by atoms with E-state index in [1.807, 2.05) is 23.5 Å². The highest BCUT2D eigenvalue weighted by Gasteiger charge is 2.05. The summed E-state index contributed by atoms with van der Waals surface area (Å²) in [5.74, 6) is 4.49. The van der Waals surface area contributed by atoms with Gasteiger partial charge in [0.2, 0.25) is 0 Å². The van der Waals surface area contributed by atoms with Gasteiger partial charge in [-0.15, -0.1) is 0 Å². The normalized spacial score (nSPS) is 15.6. The lowest BCUT2D eigenvalue weighted by molar-refractivity contribution is 1.27. The largest absolute Gasteiger partial charge is 0.152 e. The molecule has 3 rings (SSSR count). The summed E-state index contributed by atoms with van der Waals surface area (Å²) in [6.45, 7) is 0. The smallest absolute Gasteiger partial charge is 0.0190 e. The lowest BCUT2D eigenvalue weighted by atomic mass is 10.1. The van der Waals surface area contributed by atoms with Gasteiger partial charge in [-0.2, -0.15) is 23.5 Å². The van der Waals surface area contributed by atoms with E-state index in [1.54, 1.807) is 0 Å². The van der Waals surface area contributed by atoms with E-state index in [0.29, 0.717) is 0 Å². The van der Waals surface area contributed by atoms with Crippen LogP contribution in [0.25, 0.3) is 0 Å². The molecule has 2 heteroatoms. The zero-order chi connectivity index (χ0) is 12.2. The molecule has 0 N–H and O–H groups in total. The van der Waals surface area contributed by atoms with Crippen LogP contribution in [-0.2, 0) is 23.0 Å². The first-order valence-electron chi connectivity index (χ1n) is 6.22. The van der Waals surface area contributed by atoms with Gasteiger partial charge >= 0.3 is 0 Å². The maximum atomic E-state index is 2.36. The molecule has 0 unspecified atom stereocenters. The minimum Gasteiger partial charge on any atom is -0.152 e. The van der Waals surface area contributed by atoms with Crippen LogP contribution >= 0.6 is 23.5 Å². The summed E-state index contributed by atoms with van der Waals surface area (Å²) in [6, 6.07) is 17.9. The van der Waals surface area contributed by atoms with Gasteiger partial charge in [-0.1, -0.05) is 48.5 Å². The van der Waals surface area contributed by atoms with Crippen LogP contribution in [0.3, 0.4) is 0 Å². The van der Waals surface area contributed by atoms with Crippen molar-refractivity contribution >= 4 is 23.5 Å². The summed E-state index contributed by atoms with van der Waals surface area (Å²) < 4.78 is 0. The molecule has 18 heavy (non-hydrogen) atoms. The fourth-order valence-corrected chi connectivity index (χ4v) is 4.24. The van der Waals surface area contributed by atoms with Crippen molar-refractivity contribution in [3.05, 3.63) is 70.8 Å². The van der Waals surface area contributed by atoms with Crippen LogP contribution in [0, 0.1) is 0 Å². The molecule has 0 radical (unpaired) electrons. The number of benzene rings is 2. The monoisotopic (exact) mass is 272 g/mol. The highest BCUT2D eigenvalue weighted by Crippen LogP contribution is 2.27. The minimum absolute atomic E-state index is 1.12. The predicted molar refractivity (Wildman–Crippen MR) is 82.9 cm³/mol. The lowest BCUT2D eigenvalue weighted by Gasteiger charge is -2.07. The Balaban J connectivity index is 1.86. The third-order valence-corrected chi connectivity index (χ3v) is 5.27. The average Bonchev–Trinajstić information content (AvgIpc) is 2.43. The Hall–Kier alpha value is -0.860. The minimum atomic E-state index is 1.12. The van der Waals surface area contributed by atoms with Gasteiger partial charge in [-0.25, -0.2) is 0 Å². The van der Waals surface area contributed by atoms with Gasteiger partial charge in [-0.05, 0) is 22.3 Å². The van der Waals surface area contributed by atoms with Crippen LogP contribution in [0.15, 0.2) is 48.5 Å². The number of fused-ring (bicyclic) bond motifs is 3. The van der Waals surface area contributed by atoms with Crippen molar-refractivity contribution in [2.75, 3.05) is 0 Å². The number of hydrogen-bond acceptors (Lipinski definition) is 2. The first-order chi connectivity index (χ1) is 8.92. The zero-order valence-electron chi connectivity index (χ0n) is 10.3. The third-order valence-electron chi connectivity index (χ3n) is 3.16. The molecule has 1 aliphatic heterocycles. The van der Waals surface area contributed by atoms with E-state index < -0.39 is 0 Å². The topological polar surface area (TPSA) is 0 Å². The van der Waals surface area contributed by atoms with E-state index in [-0.39, 0.29) is 0 Å². The van der Waals surface area contributed by atoms with Crippen molar-refractivity contribution in [2.45, 2.75) is 23.0 Å². The number of thioether (sulfide) groups is 2. The number of hydrogen-bond donors (Lipinski definition) is 0. The van der Waals surface area contributed by atoms with Crippen molar-refractivity contribution in [3.63, 3.8) is 0 Å². The molecule has 0 aromatic heterocycles. The van der Waals surface area contributed by atoms with Crippen LogP contribution in [0.5, 0.6) is 0 Å². The van der Waals surface area contributed by atoms with Gasteiger partial charge in [0.25, 0.3) is 0 Å². The molecule has 1 heterocycles. The second kappa shape index (κ2) is 5.85. The van der Waals surface area contributed by atoms with E-state index >= 15 is 0 Å². The third kappa shape index (κ3) is 2.93. The Kier molecular flexibility index (Phi) is 3.96. The van der Waals surface area contributed by atoms with Crippen LogP contribution in [0.2, 0.25) is 0 Å². The van der Waals surface area contributed by atoms with Crippen molar-refractivity contribution < 1.29 is 0 Å². The molecule has 0 nitrogen and oxygen atoms in total. The SMILES string of the molecule is c1cc2cc(c1)CSCc1ccccc1CSC2. The Morgan fingerprint density at radius 3 is 1.72 bits per heavy atom. The highest BCUT2D eigenvalue weighted by molar-refractivity contribution is 7.98. The molecule has 0 saturated heterocycles. The van der Waals surface area contributed by atoms with Crippen molar-refractivity contribution in [2.24, 2.45) is 0 Å². The summed E-state index contributed by atoms with van der Waals surface area (Å²) in [5, 5.41) is 0. The van der Waals surface area contributed by atoms with Gasteiger partial charge in [0.15, 0.2) is 0 Å². The molecule has 1 aliphatic rings. The maximum absolute atomic E-state index is 2.36. The molecule has 0 aliphatic carbocycles. The molecule has 0 atom stereocenters. The van der Waals surface area contributed by atoms with E-state index in [0.717, 1.165) is 23.0 Å². The van der Waals surface area contributed by atoms with Gasteiger partial charge < -0.3 is 0 Å². The summed E-state index contributed by atoms with van der Waals surface area (Å²) in [5.41, 5.74) is 5.92. The molecule has 0 saturated carbocycles. The summed E-state index contributed by atoms with van der Waals surface area (Å²) in [4.78, 5) is 0. The lowest BCUT2D eigenvalue weighted by Crippen LogP contribution is -1.90. The molecular formula is C16H16S2. The standard InChI is InChI=1S/C16H16S2/c1-2-7-16-12-18-10-14-5-3-4-13(8-14)9-17-11-15(16)6-1/h1-8H,9-12H2. The van der Waals surface area contributed by atoms with E-state index in [2.05, 4.69) is 48.5 Å². The first kappa shape index (κ1) is 12.2. The van der Waals surface area contributed by atoms with Gasteiger partial charge in [0, 0.05) is 23.0 Å². The second-order valence-electron chi connectivity index (χ2n) is 4.57. The van der Waals surface area contributed by atoms with Gasteiger partial charge in [0.05, 0.1) is 0 Å². The molecule has 0 amide bonds. The van der Waals surface area contributed by atoms with Gasteiger partial charge in [-0.3, -0.25) is 0 Å². The molecule has 0 spiro atoms. The van der Waals surface area contributed by atoms with E-state index in [1.165, 1.54) is 22.3 Å². The molecule has 0 fully saturated rings. The maximum Gasteiger partial charge on any atom is 0.0190 e. The van der Waals surface area contributed by atoms with Crippen LogP contribution < -0.4 is 0 Å². The fraction of sp³-hybridized carbons (Fsp3) is 0.250. The number of rotatable bonds is 0. The Morgan fingerprint density at radius 2 is 1.17 bits per heavy atom. The van der Waals surface area contributed by atoms with Crippen molar-refractivity contribution in [1.29, 1.82) is 0 Å². The van der Waals surface area contributed by atoms with Crippen LogP contribution in [0.4, 0.5) is 0 Å². The molecule has 2 aromatic rings. The summed E-state index contributed by atoms with van der Waals surface area (Å²) >= 11 is 4.03. The Bertz CT molecular complexity index is 490. The summed E-state index contributed by atoms with van der Waals surface area (Å²) in [7, 11) is 0. The quantitative estimate of drug-likeness (QED) is 0.671. The summed E-state index contributed by atoms with van der Waals surface area (Å²) in [6.07, 6.45) is 0. The zero-order valence-corrected chi connectivity index (χ0v) is 11.9. The average molecular weight is 272 g/mol. The van der Waals surface area contributed by atoms with Gasteiger partial charge in [0.1, 0.15) is 0 Å². The molecule has 2 bridgehead atoms. The molecular weight excluding hydrogens is 256 g/mol.